The zero-order valence-electron chi connectivity index (χ0n) is 12.3. The minimum Gasteiger partial charge on any atom is -0.310 e. The Morgan fingerprint density at radius 2 is 2.18 bits per heavy atom. The van der Waals surface area contributed by atoms with E-state index in [1.807, 2.05) is 35.4 Å². The maximum Gasteiger partial charge on any atom is 0.234 e. The highest BCUT2D eigenvalue weighted by Crippen LogP contribution is 2.39. The molecule has 0 bridgehead atoms. The van der Waals surface area contributed by atoms with Crippen molar-refractivity contribution in [2.45, 2.75) is 31.6 Å². The monoisotopic (exact) mass is 312 g/mol. The van der Waals surface area contributed by atoms with Gasteiger partial charge in [-0.2, -0.15) is 0 Å². The molecule has 0 saturated carbocycles. The normalized spacial score (nSPS) is 19.7. The van der Waals surface area contributed by atoms with Crippen LogP contribution in [0, 0.1) is 0 Å². The van der Waals surface area contributed by atoms with Gasteiger partial charge in [0.2, 0.25) is 5.91 Å². The van der Waals surface area contributed by atoms with Crippen LogP contribution in [0.15, 0.2) is 36.7 Å². The molecule has 2 heterocycles. The summed E-state index contributed by atoms with van der Waals surface area (Å²) in [5.41, 5.74) is 4.45. The number of anilines is 1. The van der Waals surface area contributed by atoms with E-state index in [1.54, 1.807) is 6.20 Å². The largest absolute Gasteiger partial charge is 0.310 e. The predicted octanol–water partition coefficient (Wildman–Crippen LogP) is 3.74. The maximum absolute atomic E-state index is 13.1. The highest BCUT2D eigenvalue weighted by Gasteiger charge is 2.34. The van der Waals surface area contributed by atoms with E-state index in [1.165, 1.54) is 5.56 Å². The molecule has 3 nitrogen and oxygen atoms in total. The lowest BCUT2D eigenvalue weighted by Crippen LogP contribution is -2.38. The standard InChI is InChI=1S/C18H17ClN2O/c19-16-5-1-4-13-14(16)6-7-15(13)18(22)21-10-2-3-12-8-9-20-11-17(12)21/h1,4-5,8-9,11,15H,2-3,6-7,10H2. The number of pyridine rings is 1. The third-order valence-electron chi connectivity index (χ3n) is 4.78. The molecular weight excluding hydrogens is 296 g/mol. The summed E-state index contributed by atoms with van der Waals surface area (Å²) in [6.45, 7) is 0.782. The minimum absolute atomic E-state index is 0.0696. The Morgan fingerprint density at radius 3 is 3.09 bits per heavy atom. The van der Waals surface area contributed by atoms with E-state index >= 15 is 0 Å². The molecule has 1 unspecified atom stereocenters. The molecule has 4 rings (SSSR count). The number of aromatic nitrogens is 1. The van der Waals surface area contributed by atoms with Crippen molar-refractivity contribution in [3.8, 4) is 0 Å². The second-order valence-electron chi connectivity index (χ2n) is 6.00. The van der Waals surface area contributed by atoms with Crippen molar-refractivity contribution in [1.82, 2.24) is 4.98 Å². The Bertz CT molecular complexity index is 744. The number of hydrogen-bond acceptors (Lipinski definition) is 2. The van der Waals surface area contributed by atoms with Crippen LogP contribution in [0.1, 0.15) is 35.4 Å². The smallest absolute Gasteiger partial charge is 0.234 e. The number of halogens is 1. The number of carbonyl (C=O) groups is 1. The molecule has 0 N–H and O–H groups in total. The van der Waals surface area contributed by atoms with Gasteiger partial charge in [0.1, 0.15) is 0 Å². The number of rotatable bonds is 1. The zero-order chi connectivity index (χ0) is 15.1. The Balaban J connectivity index is 1.69. The van der Waals surface area contributed by atoms with Gasteiger partial charge in [0.05, 0.1) is 17.8 Å². The van der Waals surface area contributed by atoms with Crippen LogP contribution in [-0.2, 0) is 17.6 Å². The zero-order valence-corrected chi connectivity index (χ0v) is 13.0. The second-order valence-corrected chi connectivity index (χ2v) is 6.40. The van der Waals surface area contributed by atoms with Gasteiger partial charge in [-0.15, -0.1) is 0 Å². The number of carbonyl (C=O) groups excluding carboxylic acids is 1. The van der Waals surface area contributed by atoms with Gasteiger partial charge in [-0.3, -0.25) is 9.78 Å². The lowest BCUT2D eigenvalue weighted by Gasteiger charge is -2.31. The van der Waals surface area contributed by atoms with E-state index in [0.717, 1.165) is 54.1 Å². The number of nitrogens with zero attached hydrogens (tertiary/aromatic N) is 2. The quantitative estimate of drug-likeness (QED) is 0.803. The summed E-state index contributed by atoms with van der Waals surface area (Å²) in [7, 11) is 0. The first kappa shape index (κ1) is 13.8. The molecule has 1 amide bonds. The number of amides is 1. The summed E-state index contributed by atoms with van der Waals surface area (Å²) in [5, 5.41) is 0.786. The number of benzene rings is 1. The van der Waals surface area contributed by atoms with Crippen LogP contribution < -0.4 is 4.90 Å². The van der Waals surface area contributed by atoms with Crippen molar-refractivity contribution in [2.24, 2.45) is 0 Å². The van der Waals surface area contributed by atoms with Crippen molar-refractivity contribution in [3.63, 3.8) is 0 Å². The SMILES string of the molecule is O=C(C1CCc2c(Cl)cccc21)N1CCCc2ccncc21. The van der Waals surface area contributed by atoms with Crippen molar-refractivity contribution >= 4 is 23.2 Å². The Morgan fingerprint density at radius 1 is 1.27 bits per heavy atom. The van der Waals surface area contributed by atoms with Crippen molar-refractivity contribution in [2.75, 3.05) is 11.4 Å². The molecule has 2 aromatic rings. The van der Waals surface area contributed by atoms with E-state index in [9.17, 15) is 4.79 Å². The Labute approximate surface area is 134 Å². The molecule has 1 aromatic carbocycles. The van der Waals surface area contributed by atoms with Gasteiger partial charge in [0, 0.05) is 17.8 Å². The van der Waals surface area contributed by atoms with E-state index < -0.39 is 0 Å². The average Bonchev–Trinajstić information content (AvgIpc) is 2.99. The van der Waals surface area contributed by atoms with E-state index in [-0.39, 0.29) is 11.8 Å². The number of fused-ring (bicyclic) bond motifs is 2. The molecule has 4 heteroatoms. The summed E-state index contributed by atoms with van der Waals surface area (Å²) in [6, 6.07) is 7.92. The van der Waals surface area contributed by atoms with Gasteiger partial charge < -0.3 is 4.90 Å². The molecular formula is C18H17ClN2O. The summed E-state index contributed by atoms with van der Waals surface area (Å²) >= 11 is 6.27. The third kappa shape index (κ3) is 2.12. The topological polar surface area (TPSA) is 33.2 Å². The Kier molecular flexibility index (Phi) is 3.38. The van der Waals surface area contributed by atoms with Crippen LogP contribution in [0.3, 0.4) is 0 Å². The fraction of sp³-hybridized carbons (Fsp3) is 0.333. The first-order valence-electron chi connectivity index (χ1n) is 7.77. The highest BCUT2D eigenvalue weighted by atomic mass is 35.5. The predicted molar refractivity (Wildman–Crippen MR) is 87.4 cm³/mol. The van der Waals surface area contributed by atoms with Gasteiger partial charge in [0.15, 0.2) is 0 Å². The van der Waals surface area contributed by atoms with Gasteiger partial charge >= 0.3 is 0 Å². The van der Waals surface area contributed by atoms with E-state index in [2.05, 4.69) is 4.98 Å². The average molecular weight is 313 g/mol. The molecule has 0 saturated heterocycles. The number of aryl methyl sites for hydroxylation is 1. The molecule has 112 valence electrons. The maximum atomic E-state index is 13.1. The minimum atomic E-state index is -0.0696. The van der Waals surface area contributed by atoms with Crippen molar-refractivity contribution in [1.29, 1.82) is 0 Å². The molecule has 2 aliphatic rings. The summed E-state index contributed by atoms with van der Waals surface area (Å²) in [5.74, 6) is 0.120. The molecule has 0 fully saturated rings. The van der Waals surface area contributed by atoms with Crippen LogP contribution in [0.4, 0.5) is 5.69 Å². The van der Waals surface area contributed by atoms with Crippen LogP contribution in [0.2, 0.25) is 5.02 Å². The van der Waals surface area contributed by atoms with Crippen molar-refractivity contribution in [3.05, 3.63) is 58.4 Å². The van der Waals surface area contributed by atoms with Crippen LogP contribution in [-0.4, -0.2) is 17.4 Å². The molecule has 1 atom stereocenters. The summed E-state index contributed by atoms with van der Waals surface area (Å²) < 4.78 is 0. The first-order chi connectivity index (χ1) is 10.8. The molecule has 0 radical (unpaired) electrons. The fourth-order valence-corrected chi connectivity index (χ4v) is 3.98. The highest BCUT2D eigenvalue weighted by molar-refractivity contribution is 6.31. The lowest BCUT2D eigenvalue weighted by molar-refractivity contribution is -0.120. The van der Waals surface area contributed by atoms with Crippen LogP contribution in [0.5, 0.6) is 0 Å². The third-order valence-corrected chi connectivity index (χ3v) is 5.14. The molecule has 1 aliphatic carbocycles. The van der Waals surface area contributed by atoms with Crippen molar-refractivity contribution < 1.29 is 4.79 Å². The van der Waals surface area contributed by atoms with E-state index in [0.29, 0.717) is 0 Å². The molecule has 1 aliphatic heterocycles. The van der Waals surface area contributed by atoms with Gasteiger partial charge in [0.25, 0.3) is 0 Å². The number of hydrogen-bond donors (Lipinski definition) is 0. The first-order valence-corrected chi connectivity index (χ1v) is 8.15. The molecule has 22 heavy (non-hydrogen) atoms. The summed E-state index contributed by atoms with van der Waals surface area (Å²) in [4.78, 5) is 19.2. The van der Waals surface area contributed by atoms with Gasteiger partial charge in [-0.05, 0) is 54.5 Å². The lowest BCUT2D eigenvalue weighted by atomic mass is 9.97. The van der Waals surface area contributed by atoms with Gasteiger partial charge in [-0.1, -0.05) is 23.7 Å². The molecule has 0 spiro atoms. The molecule has 1 aromatic heterocycles. The summed E-state index contributed by atoms with van der Waals surface area (Å²) in [6.07, 6.45) is 7.40. The Hall–Kier alpha value is -1.87. The second kappa shape index (κ2) is 5.40. The van der Waals surface area contributed by atoms with Crippen LogP contribution in [0.25, 0.3) is 0 Å². The fourth-order valence-electron chi connectivity index (χ4n) is 3.70. The van der Waals surface area contributed by atoms with E-state index in [4.69, 9.17) is 11.6 Å². The van der Waals surface area contributed by atoms with Crippen LogP contribution >= 0.6 is 11.6 Å². The van der Waals surface area contributed by atoms with Gasteiger partial charge in [-0.25, -0.2) is 0 Å².